The standard InChI is InChI=1S/C74H121NO18/c1-3-5-7-9-11-13-15-17-19-21-23-24-25-26-27-28-29-30-31-32-34-36-38-40-42-44-46-48-50-52-62(80)75-57(58(79)51-49-47-45-43-41-39-37-35-33-22-20-18-16-14-12-10-8-6-4-2)56-88-72-68(86)65(83)70(60(54-77)90-72)93-74-69(87)66(84)71(61(55-78)91-74)92-73-67(85)64(82)63(81)59(53-76)89-73/h5,7,11,13,17,19,23-24,26-27,29-30,32,34,38,40-41,43-44,46,49,51,57-61,63-74,76-79,81-87H,3-4,6,8-10,12,14-16,18,20-22,25,28,31,33,35-37,39,42,45,47-48,50,52-56H2,1-2H3,(H,75,80)/b7-5-,13-11-,19-17-,24-23-,27-26-,30-29-,34-32-,40-38-,43-41+,46-44-,51-49+. The van der Waals surface area contributed by atoms with Gasteiger partial charge in [-0.15, -0.1) is 0 Å². The van der Waals surface area contributed by atoms with Crippen molar-refractivity contribution in [3.05, 3.63) is 134 Å². The Morgan fingerprint density at radius 2 is 0.753 bits per heavy atom. The summed E-state index contributed by atoms with van der Waals surface area (Å²) in [5.74, 6) is -0.349. The van der Waals surface area contributed by atoms with Crippen molar-refractivity contribution >= 4 is 5.91 Å². The molecular weight excluding hydrogens is 1190 g/mol. The van der Waals surface area contributed by atoms with Gasteiger partial charge in [0.15, 0.2) is 18.9 Å². The van der Waals surface area contributed by atoms with Gasteiger partial charge in [-0.1, -0.05) is 225 Å². The second-order valence-corrected chi connectivity index (χ2v) is 24.2. The quantitative estimate of drug-likeness (QED) is 0.0199. The number of carbonyl (C=O) groups excluding carboxylic acids is 1. The summed E-state index contributed by atoms with van der Waals surface area (Å²) in [6.45, 7) is 1.54. The fraction of sp³-hybridized carbons (Fsp3) is 0.689. The maximum absolute atomic E-state index is 13.4. The van der Waals surface area contributed by atoms with E-state index in [9.17, 15) is 61.0 Å². The van der Waals surface area contributed by atoms with Crippen LogP contribution in [-0.4, -0.2) is 193 Å². The van der Waals surface area contributed by atoms with E-state index in [4.69, 9.17) is 28.4 Å². The van der Waals surface area contributed by atoms with Gasteiger partial charge < -0.3 is 89.9 Å². The molecule has 3 heterocycles. The zero-order chi connectivity index (χ0) is 67.5. The molecule has 19 heteroatoms. The summed E-state index contributed by atoms with van der Waals surface area (Å²) in [5.41, 5.74) is 0. The number of rotatable bonds is 51. The minimum Gasteiger partial charge on any atom is -0.394 e. The van der Waals surface area contributed by atoms with Gasteiger partial charge in [0.25, 0.3) is 0 Å². The van der Waals surface area contributed by atoms with E-state index in [1.807, 2.05) is 12.2 Å². The molecule has 12 N–H and O–H groups in total. The molecule has 0 aromatic rings. The number of aliphatic hydroxyl groups is 11. The van der Waals surface area contributed by atoms with Crippen LogP contribution in [0.15, 0.2) is 134 Å². The third-order valence-corrected chi connectivity index (χ3v) is 16.4. The molecule has 3 rings (SSSR count). The molecule has 0 aromatic heterocycles. The van der Waals surface area contributed by atoms with Crippen LogP contribution in [0, 0.1) is 0 Å². The first-order valence-electron chi connectivity index (χ1n) is 34.9. The van der Waals surface area contributed by atoms with Crippen molar-refractivity contribution in [1.29, 1.82) is 0 Å². The molecule has 0 saturated carbocycles. The third kappa shape index (κ3) is 35.7. The van der Waals surface area contributed by atoms with Crippen LogP contribution < -0.4 is 5.32 Å². The third-order valence-electron chi connectivity index (χ3n) is 16.4. The number of aliphatic hydroxyl groups excluding tert-OH is 11. The van der Waals surface area contributed by atoms with E-state index in [1.54, 1.807) is 6.08 Å². The Kier molecular flexibility index (Phi) is 48.3. The van der Waals surface area contributed by atoms with Crippen molar-refractivity contribution in [3.63, 3.8) is 0 Å². The van der Waals surface area contributed by atoms with Gasteiger partial charge in [-0.2, -0.15) is 0 Å². The van der Waals surface area contributed by atoms with Crippen LogP contribution in [0.25, 0.3) is 0 Å². The molecular formula is C74H121NO18. The predicted octanol–water partition coefficient (Wildman–Crippen LogP) is 9.38. The summed E-state index contributed by atoms with van der Waals surface area (Å²) in [6.07, 6.45) is 48.6. The molecule has 3 aliphatic heterocycles. The zero-order valence-electron chi connectivity index (χ0n) is 55.9. The molecule has 93 heavy (non-hydrogen) atoms. The Labute approximate surface area is 556 Å². The van der Waals surface area contributed by atoms with Crippen LogP contribution in [0.5, 0.6) is 0 Å². The maximum Gasteiger partial charge on any atom is 0.220 e. The average Bonchev–Trinajstić information content (AvgIpc) is 1.00. The topological polar surface area (TPSA) is 307 Å². The van der Waals surface area contributed by atoms with Gasteiger partial charge >= 0.3 is 0 Å². The largest absolute Gasteiger partial charge is 0.394 e. The van der Waals surface area contributed by atoms with Crippen LogP contribution in [0.2, 0.25) is 0 Å². The predicted molar refractivity (Wildman–Crippen MR) is 364 cm³/mol. The molecule has 19 nitrogen and oxygen atoms in total. The smallest absolute Gasteiger partial charge is 0.220 e. The molecule has 17 atom stereocenters. The second kappa shape index (κ2) is 54.0. The van der Waals surface area contributed by atoms with Crippen LogP contribution in [0.3, 0.4) is 0 Å². The van der Waals surface area contributed by atoms with E-state index in [1.165, 1.54) is 77.0 Å². The number of hydrogen-bond acceptors (Lipinski definition) is 18. The summed E-state index contributed by atoms with van der Waals surface area (Å²) in [5, 5.41) is 120. The first kappa shape index (κ1) is 83.2. The Bertz CT molecular complexity index is 2210. The Morgan fingerprint density at radius 1 is 0.398 bits per heavy atom. The highest BCUT2D eigenvalue weighted by Gasteiger charge is 2.53. The van der Waals surface area contributed by atoms with Crippen molar-refractivity contribution in [2.45, 2.75) is 298 Å². The lowest BCUT2D eigenvalue weighted by molar-refractivity contribution is -0.379. The molecule has 17 unspecified atom stereocenters. The van der Waals surface area contributed by atoms with Crippen molar-refractivity contribution < 1.29 is 89.4 Å². The van der Waals surface area contributed by atoms with Crippen molar-refractivity contribution in [2.24, 2.45) is 0 Å². The average molecular weight is 1310 g/mol. The molecule has 530 valence electrons. The zero-order valence-corrected chi connectivity index (χ0v) is 55.9. The van der Waals surface area contributed by atoms with E-state index in [2.05, 4.69) is 135 Å². The summed E-state index contributed by atoms with van der Waals surface area (Å²) >= 11 is 0. The van der Waals surface area contributed by atoms with Gasteiger partial charge in [0.1, 0.15) is 73.2 Å². The molecule has 1 amide bonds. The van der Waals surface area contributed by atoms with Crippen LogP contribution in [-0.2, 0) is 33.2 Å². The number of ether oxygens (including phenoxy) is 6. The SMILES string of the molecule is CC/C=C\C/C=C\C/C=C\C/C=C\C/C=C\C/C=C\C/C=C\C/C=C\C/C=C\CCCC(=O)NC(COC1OC(CO)C(OC2OC(CO)C(OC3OC(CO)C(O)C(O)C3O)C(O)C2O)C(O)C1O)C(O)/C=C/CC/C=C/CCCCCCCCCCCCCCC. The fourth-order valence-electron chi connectivity index (χ4n) is 10.8. The summed E-state index contributed by atoms with van der Waals surface area (Å²) in [7, 11) is 0. The minimum atomic E-state index is -1.99. The Hall–Kier alpha value is -4.07. The normalized spacial score (nSPS) is 28.4. The lowest BCUT2D eigenvalue weighted by Gasteiger charge is -2.48. The fourth-order valence-corrected chi connectivity index (χ4v) is 10.8. The molecule has 0 bridgehead atoms. The summed E-state index contributed by atoms with van der Waals surface area (Å²) in [4.78, 5) is 13.4. The molecule has 3 fully saturated rings. The van der Waals surface area contributed by atoms with Gasteiger partial charge in [-0.05, 0) is 96.3 Å². The lowest BCUT2D eigenvalue weighted by Crippen LogP contribution is -2.66. The van der Waals surface area contributed by atoms with E-state index in [-0.39, 0.29) is 12.3 Å². The van der Waals surface area contributed by atoms with Gasteiger partial charge in [-0.3, -0.25) is 4.79 Å². The van der Waals surface area contributed by atoms with E-state index in [0.29, 0.717) is 19.3 Å². The van der Waals surface area contributed by atoms with Crippen molar-refractivity contribution in [1.82, 2.24) is 5.32 Å². The molecule has 0 aliphatic carbocycles. The van der Waals surface area contributed by atoms with Crippen LogP contribution >= 0.6 is 0 Å². The summed E-state index contributed by atoms with van der Waals surface area (Å²) in [6, 6.07) is -1.03. The monoisotopic (exact) mass is 1310 g/mol. The van der Waals surface area contributed by atoms with Crippen LogP contribution in [0.1, 0.15) is 194 Å². The van der Waals surface area contributed by atoms with Crippen molar-refractivity contribution in [3.8, 4) is 0 Å². The minimum absolute atomic E-state index is 0.146. The van der Waals surface area contributed by atoms with Crippen LogP contribution in [0.4, 0.5) is 0 Å². The molecule has 0 radical (unpaired) electrons. The van der Waals surface area contributed by atoms with E-state index < -0.39 is 131 Å². The van der Waals surface area contributed by atoms with E-state index in [0.717, 1.165) is 77.0 Å². The lowest BCUT2D eigenvalue weighted by atomic mass is 9.96. The Morgan fingerprint density at radius 3 is 1.20 bits per heavy atom. The summed E-state index contributed by atoms with van der Waals surface area (Å²) < 4.78 is 34.3. The van der Waals surface area contributed by atoms with Gasteiger partial charge in [0, 0.05) is 6.42 Å². The van der Waals surface area contributed by atoms with Gasteiger partial charge in [0.05, 0.1) is 38.6 Å². The maximum atomic E-state index is 13.4. The van der Waals surface area contributed by atoms with E-state index >= 15 is 0 Å². The number of hydrogen-bond donors (Lipinski definition) is 12. The first-order valence-corrected chi connectivity index (χ1v) is 34.9. The molecule has 3 aliphatic rings. The first-order chi connectivity index (χ1) is 45.3. The highest BCUT2D eigenvalue weighted by atomic mass is 16.8. The van der Waals surface area contributed by atoms with Crippen molar-refractivity contribution in [2.75, 3.05) is 26.4 Å². The highest BCUT2D eigenvalue weighted by Crippen LogP contribution is 2.33. The van der Waals surface area contributed by atoms with Gasteiger partial charge in [-0.25, -0.2) is 0 Å². The number of nitrogens with one attached hydrogen (secondary N) is 1. The second-order valence-electron chi connectivity index (χ2n) is 24.2. The Balaban J connectivity index is 1.47. The van der Waals surface area contributed by atoms with Gasteiger partial charge in [0.2, 0.25) is 5.91 Å². The number of allylic oxidation sites excluding steroid dienone is 21. The molecule has 3 saturated heterocycles. The molecule has 0 aromatic carbocycles. The number of unbranched alkanes of at least 4 members (excludes halogenated alkanes) is 15. The number of carbonyl (C=O) groups is 1. The highest BCUT2D eigenvalue weighted by molar-refractivity contribution is 5.76. The number of amides is 1. The molecule has 0 spiro atoms.